The van der Waals surface area contributed by atoms with E-state index in [2.05, 4.69) is 34.2 Å². The molecule has 0 aromatic heterocycles. The molecule has 1 saturated carbocycles. The van der Waals surface area contributed by atoms with Gasteiger partial charge >= 0.3 is 0 Å². The van der Waals surface area contributed by atoms with Crippen molar-refractivity contribution >= 4 is 5.91 Å². The molecule has 1 aromatic rings. The Morgan fingerprint density at radius 1 is 1.19 bits per heavy atom. The third kappa shape index (κ3) is 5.48. The number of amides is 1. The molecule has 0 spiro atoms. The van der Waals surface area contributed by atoms with Gasteiger partial charge in [0.1, 0.15) is 0 Å². The molecule has 1 N–H and O–H groups in total. The van der Waals surface area contributed by atoms with Gasteiger partial charge in [0, 0.05) is 32.2 Å². The Bertz CT molecular complexity index is 695. The number of carbonyl (C=O) groups excluding carboxylic acids is 1. The predicted octanol–water partition coefficient (Wildman–Crippen LogP) is 2.53. The highest BCUT2D eigenvalue weighted by molar-refractivity contribution is 5.83. The van der Waals surface area contributed by atoms with Gasteiger partial charge in [-0.05, 0) is 50.3 Å². The summed E-state index contributed by atoms with van der Waals surface area (Å²) in [6, 6.07) is 10.8. The number of morpholine rings is 1. The molecule has 0 radical (unpaired) electrons. The zero-order valence-corrected chi connectivity index (χ0v) is 19.1. The first-order chi connectivity index (χ1) is 15.2. The quantitative estimate of drug-likeness (QED) is 0.644. The highest BCUT2D eigenvalue weighted by Crippen LogP contribution is 2.47. The van der Waals surface area contributed by atoms with Crippen molar-refractivity contribution in [3.8, 4) is 0 Å². The fraction of sp³-hybridized carbons (Fsp3) is 0.720. The lowest BCUT2D eigenvalue weighted by molar-refractivity contribution is -0.145. The van der Waals surface area contributed by atoms with E-state index >= 15 is 0 Å². The fourth-order valence-electron chi connectivity index (χ4n) is 5.81. The SMILES string of the molecule is CCN1CC[C@@H]2C[C@@H](N3CCOCC3)CC[C@@]2(C(=O)NCCOCc2ccccc2)C1. The average molecular weight is 430 g/mol. The van der Waals surface area contributed by atoms with Crippen LogP contribution in [0.3, 0.4) is 0 Å². The Morgan fingerprint density at radius 3 is 2.77 bits per heavy atom. The Morgan fingerprint density at radius 2 is 2.00 bits per heavy atom. The summed E-state index contributed by atoms with van der Waals surface area (Å²) in [7, 11) is 0. The van der Waals surface area contributed by atoms with Crippen molar-refractivity contribution in [1.82, 2.24) is 15.1 Å². The Labute approximate surface area is 187 Å². The molecule has 0 bridgehead atoms. The molecular weight excluding hydrogens is 390 g/mol. The monoisotopic (exact) mass is 429 g/mol. The molecule has 4 rings (SSSR count). The first kappa shape index (κ1) is 22.7. The molecule has 2 aliphatic heterocycles. The lowest BCUT2D eigenvalue weighted by Crippen LogP contribution is -2.61. The molecule has 6 heteroatoms. The number of nitrogens with zero attached hydrogens (tertiary/aromatic N) is 2. The van der Waals surface area contributed by atoms with E-state index < -0.39 is 0 Å². The second-order valence-corrected chi connectivity index (χ2v) is 9.38. The zero-order chi connectivity index (χ0) is 21.5. The Balaban J connectivity index is 1.32. The van der Waals surface area contributed by atoms with Gasteiger partial charge in [0.2, 0.25) is 5.91 Å². The molecule has 0 unspecified atom stereocenters. The fourth-order valence-corrected chi connectivity index (χ4v) is 5.81. The molecule has 2 saturated heterocycles. The van der Waals surface area contributed by atoms with Crippen LogP contribution in [0.25, 0.3) is 0 Å². The number of hydrogen-bond acceptors (Lipinski definition) is 5. The molecule has 1 aliphatic carbocycles. The molecule has 1 aromatic carbocycles. The van der Waals surface area contributed by atoms with Crippen LogP contribution in [0.2, 0.25) is 0 Å². The van der Waals surface area contributed by atoms with Crippen LogP contribution in [0.5, 0.6) is 0 Å². The van der Waals surface area contributed by atoms with Crippen molar-refractivity contribution < 1.29 is 14.3 Å². The number of piperidine rings is 1. The van der Waals surface area contributed by atoms with Crippen molar-refractivity contribution in [2.24, 2.45) is 11.3 Å². The van der Waals surface area contributed by atoms with Crippen LogP contribution >= 0.6 is 0 Å². The van der Waals surface area contributed by atoms with E-state index in [1.807, 2.05) is 18.2 Å². The summed E-state index contributed by atoms with van der Waals surface area (Å²) in [5, 5.41) is 3.24. The minimum atomic E-state index is -0.240. The number of ether oxygens (including phenoxy) is 2. The van der Waals surface area contributed by atoms with Gasteiger partial charge < -0.3 is 19.7 Å². The van der Waals surface area contributed by atoms with Crippen molar-refractivity contribution in [3.63, 3.8) is 0 Å². The molecule has 6 nitrogen and oxygen atoms in total. The van der Waals surface area contributed by atoms with Gasteiger partial charge in [-0.1, -0.05) is 37.3 Å². The molecule has 1 amide bonds. The maximum Gasteiger partial charge on any atom is 0.227 e. The van der Waals surface area contributed by atoms with Crippen LogP contribution in [0.1, 0.15) is 38.2 Å². The number of likely N-dealkylation sites (tertiary alicyclic amines) is 1. The minimum absolute atomic E-state index is 0.240. The summed E-state index contributed by atoms with van der Waals surface area (Å²) in [4.78, 5) is 18.6. The van der Waals surface area contributed by atoms with E-state index in [-0.39, 0.29) is 11.3 Å². The standard InChI is InChI=1S/C25H39N3O3/c1-2-27-12-9-22-18-23(28-13-16-30-17-14-28)8-10-25(22,20-27)24(29)26-11-15-31-19-21-6-4-3-5-7-21/h3-7,22-23H,2,8-20H2,1H3,(H,26,29)/t22-,23+,25-/m1/s1. The summed E-state index contributed by atoms with van der Waals surface area (Å²) in [5.41, 5.74) is 0.927. The summed E-state index contributed by atoms with van der Waals surface area (Å²) >= 11 is 0. The first-order valence-corrected chi connectivity index (χ1v) is 12.2. The second kappa shape index (κ2) is 10.9. The van der Waals surface area contributed by atoms with Crippen molar-refractivity contribution in [2.75, 3.05) is 59.1 Å². The number of rotatable bonds is 8. The van der Waals surface area contributed by atoms with E-state index in [1.54, 1.807) is 0 Å². The number of hydrogen-bond donors (Lipinski definition) is 1. The van der Waals surface area contributed by atoms with Gasteiger partial charge in [-0.2, -0.15) is 0 Å². The van der Waals surface area contributed by atoms with Crippen molar-refractivity contribution in [2.45, 2.75) is 45.3 Å². The van der Waals surface area contributed by atoms with Crippen LogP contribution in [-0.2, 0) is 20.9 Å². The molecule has 3 aliphatic rings. The van der Waals surface area contributed by atoms with Gasteiger partial charge in [-0.25, -0.2) is 0 Å². The summed E-state index contributed by atoms with van der Waals surface area (Å²) < 4.78 is 11.3. The Hall–Kier alpha value is -1.47. The minimum Gasteiger partial charge on any atom is -0.379 e. The van der Waals surface area contributed by atoms with E-state index in [9.17, 15) is 4.79 Å². The predicted molar refractivity (Wildman–Crippen MR) is 122 cm³/mol. The second-order valence-electron chi connectivity index (χ2n) is 9.38. The van der Waals surface area contributed by atoms with E-state index in [1.165, 1.54) is 5.56 Å². The smallest absolute Gasteiger partial charge is 0.227 e. The number of fused-ring (bicyclic) bond motifs is 1. The van der Waals surface area contributed by atoms with E-state index in [0.717, 1.165) is 71.6 Å². The third-order valence-electron chi connectivity index (χ3n) is 7.67. The molecule has 3 fully saturated rings. The van der Waals surface area contributed by atoms with Crippen LogP contribution in [0, 0.1) is 11.3 Å². The number of nitrogens with one attached hydrogen (secondary N) is 1. The zero-order valence-electron chi connectivity index (χ0n) is 19.1. The maximum absolute atomic E-state index is 13.5. The third-order valence-corrected chi connectivity index (χ3v) is 7.67. The summed E-state index contributed by atoms with van der Waals surface area (Å²) in [5.74, 6) is 0.724. The molecular formula is C25H39N3O3. The molecule has 31 heavy (non-hydrogen) atoms. The Kier molecular flexibility index (Phi) is 7.99. The van der Waals surface area contributed by atoms with Gasteiger partial charge in [0.15, 0.2) is 0 Å². The maximum atomic E-state index is 13.5. The highest BCUT2D eigenvalue weighted by atomic mass is 16.5. The van der Waals surface area contributed by atoms with Crippen LogP contribution in [-0.4, -0.2) is 80.8 Å². The van der Waals surface area contributed by atoms with Crippen LogP contribution in [0.4, 0.5) is 0 Å². The molecule has 172 valence electrons. The van der Waals surface area contributed by atoms with Crippen molar-refractivity contribution in [3.05, 3.63) is 35.9 Å². The largest absolute Gasteiger partial charge is 0.379 e. The van der Waals surface area contributed by atoms with Crippen LogP contribution in [0.15, 0.2) is 30.3 Å². The number of benzene rings is 1. The highest BCUT2D eigenvalue weighted by Gasteiger charge is 2.52. The summed E-state index contributed by atoms with van der Waals surface area (Å²) in [6.45, 7) is 10.7. The van der Waals surface area contributed by atoms with Gasteiger partial charge in [-0.15, -0.1) is 0 Å². The lowest BCUT2D eigenvalue weighted by atomic mass is 9.61. The van der Waals surface area contributed by atoms with Gasteiger partial charge in [0.05, 0.1) is 31.8 Å². The topological polar surface area (TPSA) is 54.0 Å². The van der Waals surface area contributed by atoms with E-state index in [4.69, 9.17) is 9.47 Å². The van der Waals surface area contributed by atoms with E-state index in [0.29, 0.717) is 31.7 Å². The molecule has 2 heterocycles. The molecule has 3 atom stereocenters. The van der Waals surface area contributed by atoms with Crippen LogP contribution < -0.4 is 5.32 Å². The normalized spacial score (nSPS) is 30.0. The number of carbonyl (C=O) groups is 1. The summed E-state index contributed by atoms with van der Waals surface area (Å²) in [6.07, 6.45) is 4.39. The van der Waals surface area contributed by atoms with Gasteiger partial charge in [-0.3, -0.25) is 9.69 Å². The van der Waals surface area contributed by atoms with Gasteiger partial charge in [0.25, 0.3) is 0 Å². The first-order valence-electron chi connectivity index (χ1n) is 12.2. The average Bonchev–Trinajstić information content (AvgIpc) is 2.84. The van der Waals surface area contributed by atoms with Crippen molar-refractivity contribution in [1.29, 1.82) is 0 Å². The lowest BCUT2D eigenvalue weighted by Gasteiger charge is -2.53.